The van der Waals surface area contributed by atoms with Crippen molar-refractivity contribution < 1.29 is 4.79 Å². The Labute approximate surface area is 135 Å². The molecule has 1 unspecified atom stereocenters. The van der Waals surface area contributed by atoms with Crippen LogP contribution in [0.5, 0.6) is 0 Å². The maximum absolute atomic E-state index is 12.3. The second kappa shape index (κ2) is 6.54. The van der Waals surface area contributed by atoms with E-state index in [9.17, 15) is 9.59 Å². The molecule has 23 heavy (non-hydrogen) atoms. The van der Waals surface area contributed by atoms with Gasteiger partial charge in [-0.25, -0.2) is 0 Å². The highest BCUT2D eigenvalue weighted by Gasteiger charge is 2.27. The van der Waals surface area contributed by atoms with Gasteiger partial charge in [0.15, 0.2) is 5.43 Å². The molecule has 122 valence electrons. The number of H-pyrrole nitrogens is 1. The lowest BCUT2D eigenvalue weighted by Crippen LogP contribution is -2.32. The van der Waals surface area contributed by atoms with Gasteiger partial charge < -0.3 is 10.3 Å². The molecule has 0 aliphatic carbocycles. The van der Waals surface area contributed by atoms with Crippen molar-refractivity contribution in [2.24, 2.45) is 5.92 Å². The summed E-state index contributed by atoms with van der Waals surface area (Å²) in [4.78, 5) is 29.8. The van der Waals surface area contributed by atoms with E-state index >= 15 is 0 Å². The van der Waals surface area contributed by atoms with Crippen LogP contribution in [0.4, 0.5) is 0 Å². The molecule has 1 aliphatic rings. The number of nitrogens with zero attached hydrogens (tertiary/aromatic N) is 1. The molecule has 1 aromatic heterocycles. The molecule has 1 saturated heterocycles. The molecule has 2 N–H and O–H groups in total. The summed E-state index contributed by atoms with van der Waals surface area (Å²) in [5.41, 5.74) is 2.91. The van der Waals surface area contributed by atoms with E-state index in [1.807, 2.05) is 32.0 Å². The molecular weight excluding hydrogens is 290 g/mol. The van der Waals surface area contributed by atoms with E-state index < -0.39 is 0 Å². The first-order valence-electron chi connectivity index (χ1n) is 8.19. The molecule has 1 atom stereocenters. The quantitative estimate of drug-likeness (QED) is 0.904. The Kier molecular flexibility index (Phi) is 4.48. The molecule has 1 aromatic carbocycles. The van der Waals surface area contributed by atoms with Gasteiger partial charge in [-0.2, -0.15) is 0 Å². The van der Waals surface area contributed by atoms with Gasteiger partial charge in [-0.15, -0.1) is 0 Å². The highest BCUT2D eigenvalue weighted by molar-refractivity contribution is 5.79. The molecule has 5 heteroatoms. The number of amides is 1. The van der Waals surface area contributed by atoms with Crippen LogP contribution in [0.2, 0.25) is 0 Å². The molecule has 5 nitrogen and oxygen atoms in total. The lowest BCUT2D eigenvalue weighted by molar-refractivity contribution is -0.124. The fraction of sp³-hybridized carbons (Fsp3) is 0.444. The Morgan fingerprint density at radius 3 is 3.00 bits per heavy atom. The molecule has 3 rings (SSSR count). The topological polar surface area (TPSA) is 65.2 Å². The third kappa shape index (κ3) is 3.45. The molecular formula is C18H23N3O2. The molecule has 0 radical (unpaired) electrons. The number of pyridine rings is 1. The predicted octanol–water partition coefficient (Wildman–Crippen LogP) is 1.79. The van der Waals surface area contributed by atoms with Crippen molar-refractivity contribution in [3.63, 3.8) is 0 Å². The van der Waals surface area contributed by atoms with Crippen LogP contribution in [0.15, 0.2) is 29.1 Å². The van der Waals surface area contributed by atoms with E-state index in [2.05, 4.69) is 15.2 Å². The van der Waals surface area contributed by atoms with E-state index in [1.54, 1.807) is 6.07 Å². The Hall–Kier alpha value is -2.14. The number of hydrogen-bond donors (Lipinski definition) is 2. The van der Waals surface area contributed by atoms with Crippen molar-refractivity contribution in [1.82, 2.24) is 15.2 Å². The molecule has 1 amide bonds. The van der Waals surface area contributed by atoms with Crippen LogP contribution in [0.1, 0.15) is 24.6 Å². The average Bonchev–Trinajstić information content (AvgIpc) is 2.97. The SMILES string of the molecule is CCNC(=O)C1CCN(Cc2cc(=O)c3cc(C)ccc3[nH]2)C1. The van der Waals surface area contributed by atoms with Crippen molar-refractivity contribution in [3.05, 3.63) is 45.7 Å². The number of rotatable bonds is 4. The monoisotopic (exact) mass is 313 g/mol. The van der Waals surface area contributed by atoms with Gasteiger partial charge in [0.1, 0.15) is 0 Å². The number of carbonyl (C=O) groups is 1. The van der Waals surface area contributed by atoms with Crippen LogP contribution in [0.3, 0.4) is 0 Å². The number of likely N-dealkylation sites (tertiary alicyclic amines) is 1. The number of aromatic nitrogens is 1. The zero-order chi connectivity index (χ0) is 16.4. The highest BCUT2D eigenvalue weighted by atomic mass is 16.2. The zero-order valence-corrected chi connectivity index (χ0v) is 13.7. The second-order valence-corrected chi connectivity index (χ2v) is 6.32. The van der Waals surface area contributed by atoms with E-state index in [-0.39, 0.29) is 17.3 Å². The number of aromatic amines is 1. The van der Waals surface area contributed by atoms with Gasteiger partial charge in [-0.3, -0.25) is 14.5 Å². The molecule has 1 fully saturated rings. The van der Waals surface area contributed by atoms with E-state index in [4.69, 9.17) is 0 Å². The number of nitrogens with one attached hydrogen (secondary N) is 2. The van der Waals surface area contributed by atoms with Crippen LogP contribution in [0.25, 0.3) is 10.9 Å². The molecule has 2 heterocycles. The molecule has 0 bridgehead atoms. The summed E-state index contributed by atoms with van der Waals surface area (Å²) in [6, 6.07) is 7.56. The van der Waals surface area contributed by atoms with E-state index in [1.165, 1.54) is 0 Å². The molecule has 0 spiro atoms. The van der Waals surface area contributed by atoms with Crippen molar-refractivity contribution in [1.29, 1.82) is 0 Å². The number of hydrogen-bond acceptors (Lipinski definition) is 3. The number of fused-ring (bicyclic) bond motifs is 1. The standard InChI is InChI=1S/C18H23N3O2/c1-3-19-18(23)13-6-7-21(10-13)11-14-9-17(22)15-8-12(2)4-5-16(15)20-14/h4-5,8-9,13H,3,6-7,10-11H2,1-2H3,(H,19,23)(H,20,22). The van der Waals surface area contributed by atoms with Gasteiger partial charge in [0.05, 0.1) is 5.92 Å². The number of carbonyl (C=O) groups excluding carboxylic acids is 1. The summed E-state index contributed by atoms with van der Waals surface area (Å²) in [5, 5.41) is 3.62. The van der Waals surface area contributed by atoms with Crippen LogP contribution >= 0.6 is 0 Å². The molecule has 0 saturated carbocycles. The minimum absolute atomic E-state index is 0.0527. The van der Waals surface area contributed by atoms with Crippen LogP contribution in [-0.4, -0.2) is 35.4 Å². The fourth-order valence-corrected chi connectivity index (χ4v) is 3.25. The first-order valence-corrected chi connectivity index (χ1v) is 8.19. The van der Waals surface area contributed by atoms with Gasteiger partial charge in [-0.05, 0) is 38.9 Å². The number of aryl methyl sites for hydroxylation is 1. The largest absolute Gasteiger partial charge is 0.357 e. The number of benzene rings is 1. The molecule has 1 aliphatic heterocycles. The van der Waals surface area contributed by atoms with E-state index in [0.29, 0.717) is 13.1 Å². The van der Waals surface area contributed by atoms with Gasteiger partial charge in [0.25, 0.3) is 0 Å². The third-order valence-electron chi connectivity index (χ3n) is 4.43. The summed E-state index contributed by atoms with van der Waals surface area (Å²) in [7, 11) is 0. The molecule has 2 aromatic rings. The van der Waals surface area contributed by atoms with Crippen molar-refractivity contribution in [2.45, 2.75) is 26.8 Å². The van der Waals surface area contributed by atoms with Gasteiger partial charge >= 0.3 is 0 Å². The fourth-order valence-electron chi connectivity index (χ4n) is 3.25. The summed E-state index contributed by atoms with van der Waals surface area (Å²) in [6.45, 7) is 6.90. The smallest absolute Gasteiger partial charge is 0.224 e. The Balaban J connectivity index is 1.74. The summed E-state index contributed by atoms with van der Waals surface area (Å²) in [5.74, 6) is 0.197. The third-order valence-corrected chi connectivity index (χ3v) is 4.43. The second-order valence-electron chi connectivity index (χ2n) is 6.32. The van der Waals surface area contributed by atoms with Crippen molar-refractivity contribution >= 4 is 16.8 Å². The minimum atomic E-state index is 0.0527. The lowest BCUT2D eigenvalue weighted by atomic mass is 10.1. The predicted molar refractivity (Wildman–Crippen MR) is 91.4 cm³/mol. The normalized spacial score (nSPS) is 18.4. The first kappa shape index (κ1) is 15.7. The first-order chi connectivity index (χ1) is 11.1. The van der Waals surface area contributed by atoms with Crippen LogP contribution in [-0.2, 0) is 11.3 Å². The minimum Gasteiger partial charge on any atom is -0.357 e. The highest BCUT2D eigenvalue weighted by Crippen LogP contribution is 2.19. The Bertz CT molecular complexity index is 781. The van der Waals surface area contributed by atoms with Crippen LogP contribution in [0, 0.1) is 12.8 Å². The van der Waals surface area contributed by atoms with Gasteiger partial charge in [-0.1, -0.05) is 11.6 Å². The van der Waals surface area contributed by atoms with Crippen molar-refractivity contribution in [3.8, 4) is 0 Å². The zero-order valence-electron chi connectivity index (χ0n) is 13.7. The maximum atomic E-state index is 12.3. The summed E-state index contributed by atoms with van der Waals surface area (Å²) < 4.78 is 0. The van der Waals surface area contributed by atoms with Gasteiger partial charge in [0, 0.05) is 42.3 Å². The lowest BCUT2D eigenvalue weighted by Gasteiger charge is -2.16. The summed E-state index contributed by atoms with van der Waals surface area (Å²) in [6.07, 6.45) is 0.878. The van der Waals surface area contributed by atoms with Crippen molar-refractivity contribution in [2.75, 3.05) is 19.6 Å². The Morgan fingerprint density at radius 2 is 2.22 bits per heavy atom. The Morgan fingerprint density at radius 1 is 1.39 bits per heavy atom. The van der Waals surface area contributed by atoms with Gasteiger partial charge in [0.2, 0.25) is 5.91 Å². The maximum Gasteiger partial charge on any atom is 0.224 e. The van der Waals surface area contributed by atoms with Crippen LogP contribution < -0.4 is 10.7 Å². The summed E-state index contributed by atoms with van der Waals surface area (Å²) >= 11 is 0. The average molecular weight is 313 g/mol. The van der Waals surface area contributed by atoms with E-state index in [0.717, 1.165) is 41.7 Å².